The fourth-order valence-electron chi connectivity index (χ4n) is 4.29. The number of nitro benzene ring substituents is 1. The first-order chi connectivity index (χ1) is 14.0. The molecule has 3 aromatic rings. The zero-order chi connectivity index (χ0) is 20.5. The standard InChI is InChI=1S/C23H24N2O4/c1-15-20-7-8-22(29-2)23(25(27)28)21(20)9-10-24(15)13-16-3-5-19-12-17(14-26)4-6-18(19)11-16/h3-8,11-12,15,26H,9-10,13-14H2,1-2H3. The molecule has 6 heteroatoms. The van der Waals surface area contributed by atoms with E-state index in [1.165, 1.54) is 12.7 Å². The number of rotatable bonds is 5. The van der Waals surface area contributed by atoms with Crippen molar-refractivity contribution in [2.45, 2.75) is 32.5 Å². The second kappa shape index (κ2) is 7.81. The van der Waals surface area contributed by atoms with Crippen molar-refractivity contribution in [1.82, 2.24) is 4.90 Å². The number of benzene rings is 3. The SMILES string of the molecule is COc1ccc2c(c1[N+](=O)[O-])CCN(Cc1ccc3cc(CO)ccc3c1)C2C. The Morgan fingerprint density at radius 1 is 1.14 bits per heavy atom. The third-order valence-electron chi connectivity index (χ3n) is 5.87. The van der Waals surface area contributed by atoms with Crippen LogP contribution in [0.5, 0.6) is 5.75 Å². The van der Waals surface area contributed by atoms with Crippen molar-refractivity contribution in [3.8, 4) is 5.75 Å². The van der Waals surface area contributed by atoms with E-state index in [1.54, 1.807) is 6.07 Å². The van der Waals surface area contributed by atoms with E-state index in [9.17, 15) is 15.2 Å². The van der Waals surface area contributed by atoms with E-state index in [1.807, 2.05) is 24.3 Å². The number of aliphatic hydroxyl groups is 1. The third-order valence-corrected chi connectivity index (χ3v) is 5.87. The summed E-state index contributed by atoms with van der Waals surface area (Å²) in [5.74, 6) is 0.325. The highest BCUT2D eigenvalue weighted by molar-refractivity contribution is 5.83. The maximum atomic E-state index is 11.6. The molecule has 1 aliphatic heterocycles. The van der Waals surface area contributed by atoms with Gasteiger partial charge in [-0.1, -0.05) is 30.3 Å². The number of nitro groups is 1. The highest BCUT2D eigenvalue weighted by Crippen LogP contribution is 2.40. The van der Waals surface area contributed by atoms with Crippen LogP contribution in [0.2, 0.25) is 0 Å². The molecule has 0 saturated heterocycles. The quantitative estimate of drug-likeness (QED) is 0.515. The Bertz CT molecular complexity index is 1080. The fraction of sp³-hybridized carbons (Fsp3) is 0.304. The molecule has 29 heavy (non-hydrogen) atoms. The monoisotopic (exact) mass is 392 g/mol. The van der Waals surface area contributed by atoms with E-state index in [0.29, 0.717) is 12.2 Å². The molecule has 3 aromatic carbocycles. The van der Waals surface area contributed by atoms with E-state index < -0.39 is 0 Å². The van der Waals surface area contributed by atoms with Crippen molar-refractivity contribution < 1.29 is 14.8 Å². The van der Waals surface area contributed by atoms with Crippen molar-refractivity contribution >= 4 is 16.5 Å². The summed E-state index contributed by atoms with van der Waals surface area (Å²) >= 11 is 0. The largest absolute Gasteiger partial charge is 0.490 e. The van der Waals surface area contributed by atoms with E-state index in [2.05, 4.69) is 30.0 Å². The zero-order valence-corrected chi connectivity index (χ0v) is 16.6. The normalized spacial score (nSPS) is 16.6. The molecule has 0 aliphatic carbocycles. The van der Waals surface area contributed by atoms with Crippen LogP contribution in [-0.2, 0) is 19.6 Å². The van der Waals surface area contributed by atoms with Crippen LogP contribution in [0.15, 0.2) is 48.5 Å². The molecule has 1 atom stereocenters. The Morgan fingerprint density at radius 2 is 1.83 bits per heavy atom. The smallest absolute Gasteiger partial charge is 0.314 e. The molecule has 0 aromatic heterocycles. The van der Waals surface area contributed by atoms with Crippen molar-refractivity contribution in [3.63, 3.8) is 0 Å². The van der Waals surface area contributed by atoms with Gasteiger partial charge in [-0.3, -0.25) is 15.0 Å². The van der Waals surface area contributed by atoms with Gasteiger partial charge >= 0.3 is 5.69 Å². The Labute approximate surface area is 169 Å². The number of ether oxygens (including phenoxy) is 1. The molecule has 1 heterocycles. The number of methoxy groups -OCH3 is 1. The predicted molar refractivity (Wildman–Crippen MR) is 112 cm³/mol. The lowest BCUT2D eigenvalue weighted by Gasteiger charge is -2.35. The second-order valence-electron chi connectivity index (χ2n) is 7.51. The van der Waals surface area contributed by atoms with Crippen LogP contribution >= 0.6 is 0 Å². The number of fused-ring (bicyclic) bond motifs is 2. The summed E-state index contributed by atoms with van der Waals surface area (Å²) in [5, 5.41) is 23.2. The maximum absolute atomic E-state index is 11.6. The molecule has 0 spiro atoms. The predicted octanol–water partition coefficient (Wildman–Crippen LogP) is 4.37. The Hall–Kier alpha value is -2.96. The summed E-state index contributed by atoms with van der Waals surface area (Å²) in [6, 6.07) is 16.1. The molecule has 1 N–H and O–H groups in total. The average molecular weight is 392 g/mol. The van der Waals surface area contributed by atoms with Gasteiger partial charge < -0.3 is 9.84 Å². The lowest BCUT2D eigenvalue weighted by Crippen LogP contribution is -2.33. The van der Waals surface area contributed by atoms with Crippen LogP contribution < -0.4 is 4.74 Å². The summed E-state index contributed by atoms with van der Waals surface area (Å²) in [6.45, 7) is 3.67. The summed E-state index contributed by atoms with van der Waals surface area (Å²) in [4.78, 5) is 13.6. The van der Waals surface area contributed by atoms with Crippen molar-refractivity contribution in [1.29, 1.82) is 0 Å². The third kappa shape index (κ3) is 3.57. The van der Waals surface area contributed by atoms with E-state index in [-0.39, 0.29) is 23.3 Å². The molecule has 0 bridgehead atoms. The van der Waals surface area contributed by atoms with E-state index in [0.717, 1.165) is 40.6 Å². The van der Waals surface area contributed by atoms with Gasteiger partial charge in [0.15, 0.2) is 5.75 Å². The first-order valence-electron chi connectivity index (χ1n) is 9.72. The van der Waals surface area contributed by atoms with Gasteiger partial charge in [-0.2, -0.15) is 0 Å². The lowest BCUT2D eigenvalue weighted by atomic mass is 9.91. The summed E-state index contributed by atoms with van der Waals surface area (Å²) in [5.41, 5.74) is 3.99. The van der Waals surface area contributed by atoms with Gasteiger partial charge in [0, 0.05) is 24.7 Å². The van der Waals surface area contributed by atoms with E-state index in [4.69, 9.17) is 4.74 Å². The van der Waals surface area contributed by atoms with Gasteiger partial charge in [-0.15, -0.1) is 0 Å². The topological polar surface area (TPSA) is 75.8 Å². The Balaban J connectivity index is 1.61. The van der Waals surface area contributed by atoms with Crippen LogP contribution in [0.3, 0.4) is 0 Å². The minimum atomic E-state index is -0.329. The molecule has 1 unspecified atom stereocenters. The van der Waals surface area contributed by atoms with Crippen molar-refractivity contribution in [2.75, 3.05) is 13.7 Å². The van der Waals surface area contributed by atoms with Gasteiger partial charge in [0.1, 0.15) is 0 Å². The molecule has 4 rings (SSSR count). The Kier molecular flexibility index (Phi) is 5.22. The van der Waals surface area contributed by atoms with Crippen LogP contribution in [0.25, 0.3) is 10.8 Å². The fourth-order valence-corrected chi connectivity index (χ4v) is 4.29. The van der Waals surface area contributed by atoms with Crippen LogP contribution in [0, 0.1) is 10.1 Å². The van der Waals surface area contributed by atoms with Gasteiger partial charge in [-0.05, 0) is 59.0 Å². The number of hydrogen-bond donors (Lipinski definition) is 1. The first kappa shape index (κ1) is 19.4. The van der Waals surface area contributed by atoms with Crippen LogP contribution in [0.1, 0.15) is 35.2 Å². The van der Waals surface area contributed by atoms with Crippen LogP contribution in [-0.4, -0.2) is 28.6 Å². The number of hydrogen-bond acceptors (Lipinski definition) is 5. The highest BCUT2D eigenvalue weighted by atomic mass is 16.6. The molecule has 0 amide bonds. The van der Waals surface area contributed by atoms with Gasteiger partial charge in [0.25, 0.3) is 0 Å². The summed E-state index contributed by atoms with van der Waals surface area (Å²) in [7, 11) is 1.47. The van der Waals surface area contributed by atoms with Gasteiger partial charge in [0.2, 0.25) is 0 Å². The summed E-state index contributed by atoms with van der Waals surface area (Å²) in [6.07, 6.45) is 0.626. The maximum Gasteiger partial charge on any atom is 0.314 e. The molecular weight excluding hydrogens is 368 g/mol. The van der Waals surface area contributed by atoms with Crippen molar-refractivity contribution in [2.24, 2.45) is 0 Å². The number of aliphatic hydroxyl groups excluding tert-OH is 1. The molecule has 1 aliphatic rings. The lowest BCUT2D eigenvalue weighted by molar-refractivity contribution is -0.386. The molecule has 150 valence electrons. The zero-order valence-electron chi connectivity index (χ0n) is 16.6. The average Bonchev–Trinajstić information content (AvgIpc) is 2.74. The summed E-state index contributed by atoms with van der Waals surface area (Å²) < 4.78 is 5.22. The molecular formula is C23H24N2O4. The second-order valence-corrected chi connectivity index (χ2v) is 7.51. The minimum absolute atomic E-state index is 0.0410. The molecule has 6 nitrogen and oxygen atoms in total. The molecule has 0 radical (unpaired) electrons. The molecule has 0 saturated carbocycles. The van der Waals surface area contributed by atoms with Gasteiger partial charge in [0.05, 0.1) is 18.6 Å². The van der Waals surface area contributed by atoms with Gasteiger partial charge in [-0.25, -0.2) is 0 Å². The first-order valence-corrected chi connectivity index (χ1v) is 9.72. The highest BCUT2D eigenvalue weighted by Gasteiger charge is 2.32. The van der Waals surface area contributed by atoms with E-state index >= 15 is 0 Å². The molecule has 0 fully saturated rings. The van der Waals surface area contributed by atoms with Crippen LogP contribution in [0.4, 0.5) is 5.69 Å². The van der Waals surface area contributed by atoms with Crippen molar-refractivity contribution in [3.05, 3.63) is 80.9 Å². The number of nitrogens with zero attached hydrogens (tertiary/aromatic N) is 2. The Morgan fingerprint density at radius 3 is 2.48 bits per heavy atom. The minimum Gasteiger partial charge on any atom is -0.490 e.